The van der Waals surface area contributed by atoms with Crippen molar-refractivity contribution in [2.45, 2.75) is 37.3 Å². The van der Waals surface area contributed by atoms with Gasteiger partial charge in [0, 0.05) is 14.1 Å². The van der Waals surface area contributed by atoms with Crippen LogP contribution in [-0.2, 0) is 21.0 Å². The van der Waals surface area contributed by atoms with E-state index in [2.05, 4.69) is 4.40 Å². The number of benzene rings is 1. The summed E-state index contributed by atoms with van der Waals surface area (Å²) in [6.07, 6.45) is 0. The summed E-state index contributed by atoms with van der Waals surface area (Å²) in [4.78, 5) is 0.195. The molecule has 1 atom stereocenters. The fraction of sp³-hybridized carbons (Fsp3) is 0.500. The molecular formula is C14H22N2O3S2. The summed E-state index contributed by atoms with van der Waals surface area (Å²) >= 11 is 0. The van der Waals surface area contributed by atoms with E-state index in [-0.39, 0.29) is 4.90 Å². The molecule has 0 aromatic heterocycles. The molecule has 0 radical (unpaired) electrons. The van der Waals surface area contributed by atoms with Gasteiger partial charge in [-0.15, -0.1) is 0 Å². The SMILES string of the molecule is CC(=N[S@@](=O)C(C)(C)C)c1cccc(S(=O)(=O)N(C)C)c1. The van der Waals surface area contributed by atoms with E-state index in [0.717, 1.165) is 4.31 Å². The van der Waals surface area contributed by atoms with Gasteiger partial charge in [0.1, 0.15) is 11.0 Å². The van der Waals surface area contributed by atoms with Crippen LogP contribution in [0, 0.1) is 0 Å². The van der Waals surface area contributed by atoms with E-state index in [1.54, 1.807) is 25.1 Å². The van der Waals surface area contributed by atoms with Crippen LogP contribution in [0.4, 0.5) is 0 Å². The molecule has 5 nitrogen and oxygen atoms in total. The van der Waals surface area contributed by atoms with Crippen LogP contribution in [0.25, 0.3) is 0 Å². The highest BCUT2D eigenvalue weighted by Crippen LogP contribution is 2.17. The van der Waals surface area contributed by atoms with Crippen molar-refractivity contribution in [1.82, 2.24) is 4.31 Å². The van der Waals surface area contributed by atoms with Crippen LogP contribution >= 0.6 is 0 Å². The third-order valence-corrected chi connectivity index (χ3v) is 6.07. The average molecular weight is 330 g/mol. The molecule has 0 saturated heterocycles. The first-order valence-electron chi connectivity index (χ1n) is 6.46. The molecule has 0 aliphatic rings. The molecule has 1 aromatic rings. The van der Waals surface area contributed by atoms with Crippen molar-refractivity contribution in [2.24, 2.45) is 4.40 Å². The summed E-state index contributed by atoms with van der Waals surface area (Å²) in [6, 6.07) is 6.50. The lowest BCUT2D eigenvalue weighted by Crippen LogP contribution is -2.22. The maximum absolute atomic E-state index is 12.1. The standard InChI is InChI=1S/C14H22N2O3S2/c1-11(15-20(17)14(2,3)4)12-8-7-9-13(10-12)21(18,19)16(5)6/h7-10H,1-6H3/t20-/m0/s1. The second kappa shape index (κ2) is 6.37. The highest BCUT2D eigenvalue weighted by atomic mass is 32.2. The zero-order chi connectivity index (χ0) is 16.4. The van der Waals surface area contributed by atoms with E-state index in [1.807, 2.05) is 20.8 Å². The van der Waals surface area contributed by atoms with Crippen LogP contribution in [0.5, 0.6) is 0 Å². The zero-order valence-electron chi connectivity index (χ0n) is 13.2. The van der Waals surface area contributed by atoms with Crippen molar-refractivity contribution < 1.29 is 12.6 Å². The highest BCUT2D eigenvalue weighted by molar-refractivity contribution is 7.89. The Morgan fingerprint density at radius 3 is 2.29 bits per heavy atom. The summed E-state index contributed by atoms with van der Waals surface area (Å²) in [5.74, 6) is 0. The molecule has 0 aliphatic heterocycles. The first kappa shape index (κ1) is 18.0. The molecule has 0 bridgehead atoms. The van der Waals surface area contributed by atoms with Gasteiger partial charge in [-0.05, 0) is 45.4 Å². The Labute approximate surface area is 129 Å². The maximum Gasteiger partial charge on any atom is 0.242 e. The van der Waals surface area contributed by atoms with Crippen LogP contribution in [0.2, 0.25) is 0 Å². The minimum atomic E-state index is -3.49. The quantitative estimate of drug-likeness (QED) is 0.795. The van der Waals surface area contributed by atoms with Gasteiger partial charge in [-0.1, -0.05) is 12.1 Å². The Morgan fingerprint density at radius 2 is 1.81 bits per heavy atom. The molecular weight excluding hydrogens is 308 g/mol. The third kappa shape index (κ3) is 4.46. The first-order chi connectivity index (χ1) is 9.46. The van der Waals surface area contributed by atoms with Crippen LogP contribution in [-0.4, -0.2) is 41.5 Å². The second-order valence-electron chi connectivity index (χ2n) is 5.85. The summed E-state index contributed by atoms with van der Waals surface area (Å²) < 4.78 is 41.1. The Balaban J connectivity index is 3.24. The number of sulfonamides is 1. The minimum absolute atomic E-state index is 0.195. The second-order valence-corrected chi connectivity index (χ2v) is 9.91. The molecule has 118 valence electrons. The number of hydrogen-bond donors (Lipinski definition) is 0. The summed E-state index contributed by atoms with van der Waals surface area (Å²) in [5.41, 5.74) is 1.20. The van der Waals surface area contributed by atoms with E-state index in [1.165, 1.54) is 20.2 Å². The predicted molar refractivity (Wildman–Crippen MR) is 87.4 cm³/mol. The molecule has 0 saturated carbocycles. The van der Waals surface area contributed by atoms with E-state index in [9.17, 15) is 12.6 Å². The Kier molecular flexibility index (Phi) is 5.46. The summed E-state index contributed by atoms with van der Waals surface area (Å²) in [5, 5.41) is 0. The van der Waals surface area contributed by atoms with Gasteiger partial charge in [0.25, 0.3) is 0 Å². The van der Waals surface area contributed by atoms with Crippen molar-refractivity contribution >= 4 is 26.7 Å². The van der Waals surface area contributed by atoms with Gasteiger partial charge in [-0.3, -0.25) is 0 Å². The van der Waals surface area contributed by atoms with Crippen LogP contribution in [0.3, 0.4) is 0 Å². The lowest BCUT2D eigenvalue weighted by atomic mass is 10.1. The molecule has 0 unspecified atom stereocenters. The Morgan fingerprint density at radius 1 is 1.24 bits per heavy atom. The predicted octanol–water partition coefficient (Wildman–Crippen LogP) is 2.21. The molecule has 0 spiro atoms. The monoisotopic (exact) mass is 330 g/mol. The smallest absolute Gasteiger partial charge is 0.234 e. The number of nitrogens with zero attached hydrogens (tertiary/aromatic N) is 2. The molecule has 21 heavy (non-hydrogen) atoms. The van der Waals surface area contributed by atoms with Gasteiger partial charge < -0.3 is 0 Å². The molecule has 1 rings (SSSR count). The summed E-state index contributed by atoms with van der Waals surface area (Å²) in [6.45, 7) is 7.25. The maximum atomic E-state index is 12.1. The van der Waals surface area contributed by atoms with Gasteiger partial charge in [-0.25, -0.2) is 16.9 Å². The molecule has 1 aromatic carbocycles. The number of hydrogen-bond acceptors (Lipinski definition) is 3. The highest BCUT2D eigenvalue weighted by Gasteiger charge is 2.20. The average Bonchev–Trinajstić information content (AvgIpc) is 2.37. The van der Waals surface area contributed by atoms with Crippen LogP contribution < -0.4 is 0 Å². The lowest BCUT2D eigenvalue weighted by Gasteiger charge is -2.15. The van der Waals surface area contributed by atoms with Gasteiger partial charge in [-0.2, -0.15) is 4.40 Å². The van der Waals surface area contributed by atoms with Crippen molar-refractivity contribution in [2.75, 3.05) is 14.1 Å². The molecule has 0 aliphatic carbocycles. The van der Waals surface area contributed by atoms with Crippen LogP contribution in [0.1, 0.15) is 33.3 Å². The van der Waals surface area contributed by atoms with Gasteiger partial charge >= 0.3 is 0 Å². The van der Waals surface area contributed by atoms with E-state index in [4.69, 9.17) is 0 Å². The zero-order valence-corrected chi connectivity index (χ0v) is 14.9. The largest absolute Gasteiger partial charge is 0.242 e. The minimum Gasteiger partial charge on any atom is -0.234 e. The Bertz CT molecular complexity index is 672. The van der Waals surface area contributed by atoms with Crippen molar-refractivity contribution in [3.05, 3.63) is 29.8 Å². The van der Waals surface area contributed by atoms with Crippen molar-refractivity contribution in [1.29, 1.82) is 0 Å². The normalized spacial score (nSPS) is 15.3. The van der Waals surface area contributed by atoms with E-state index < -0.39 is 25.8 Å². The van der Waals surface area contributed by atoms with E-state index >= 15 is 0 Å². The van der Waals surface area contributed by atoms with Gasteiger partial charge in [0.05, 0.1) is 15.4 Å². The fourth-order valence-corrected chi connectivity index (χ4v) is 2.98. The van der Waals surface area contributed by atoms with Crippen LogP contribution in [0.15, 0.2) is 33.6 Å². The molecule has 0 N–H and O–H groups in total. The van der Waals surface area contributed by atoms with Crippen molar-refractivity contribution in [3.8, 4) is 0 Å². The van der Waals surface area contributed by atoms with E-state index in [0.29, 0.717) is 11.3 Å². The summed E-state index contributed by atoms with van der Waals surface area (Å²) in [7, 11) is -1.90. The molecule has 7 heteroatoms. The molecule has 0 heterocycles. The third-order valence-electron chi connectivity index (χ3n) is 2.77. The molecule has 0 amide bonds. The topological polar surface area (TPSA) is 66.8 Å². The van der Waals surface area contributed by atoms with Crippen molar-refractivity contribution in [3.63, 3.8) is 0 Å². The Hall–Kier alpha value is -1.05. The lowest BCUT2D eigenvalue weighted by molar-refractivity contribution is 0.520. The van der Waals surface area contributed by atoms with Gasteiger partial charge in [0.15, 0.2) is 0 Å². The fourth-order valence-electron chi connectivity index (χ4n) is 1.41. The first-order valence-corrected chi connectivity index (χ1v) is 9.01. The molecule has 0 fully saturated rings. The van der Waals surface area contributed by atoms with Gasteiger partial charge in [0.2, 0.25) is 10.0 Å². The number of rotatable bonds is 4.